The van der Waals surface area contributed by atoms with Crippen LogP contribution in [0.4, 0.5) is 27.8 Å². The standard InChI is InChI=1S/C24H23F5N4O4/c1-4-16(15(26)10-12(3)25)33-11-14(22(36)30-18(5-2)24(27,28)29)20(35)13-6-7-19(31-21(13)33)32-9-8-17(34)23(32)37/h4,6-7,10-11,17-18,34H,3,5,8-9H2,1-2H3,(H,30,36)/b15-10+,16-4+/t17?,18-/m1/s1. The second-order valence-corrected chi connectivity index (χ2v) is 8.17. The maximum atomic E-state index is 14.9. The maximum absolute atomic E-state index is 14.9. The third-order valence-corrected chi connectivity index (χ3v) is 5.70. The van der Waals surface area contributed by atoms with Gasteiger partial charge in [0.25, 0.3) is 11.8 Å². The van der Waals surface area contributed by atoms with E-state index in [2.05, 4.69) is 11.6 Å². The van der Waals surface area contributed by atoms with E-state index in [4.69, 9.17) is 0 Å². The molecule has 1 aliphatic heterocycles. The Labute approximate surface area is 207 Å². The highest BCUT2D eigenvalue weighted by atomic mass is 19.4. The van der Waals surface area contributed by atoms with Gasteiger partial charge < -0.3 is 10.4 Å². The quantitative estimate of drug-likeness (QED) is 0.422. The number of rotatable bonds is 7. The predicted octanol–water partition coefficient (Wildman–Crippen LogP) is 3.76. The largest absolute Gasteiger partial charge is 0.408 e. The van der Waals surface area contributed by atoms with Crippen LogP contribution in [0.3, 0.4) is 0 Å². The summed E-state index contributed by atoms with van der Waals surface area (Å²) in [6.07, 6.45) is -4.04. The summed E-state index contributed by atoms with van der Waals surface area (Å²) >= 11 is 0. The summed E-state index contributed by atoms with van der Waals surface area (Å²) in [5.74, 6) is -4.35. The van der Waals surface area contributed by atoms with Crippen molar-refractivity contribution in [3.8, 4) is 0 Å². The number of carbonyl (C=O) groups is 2. The lowest BCUT2D eigenvalue weighted by Gasteiger charge is -2.21. The van der Waals surface area contributed by atoms with E-state index in [9.17, 15) is 41.4 Å². The van der Waals surface area contributed by atoms with Crippen LogP contribution in [0.1, 0.15) is 37.0 Å². The number of alkyl halides is 3. The van der Waals surface area contributed by atoms with Crippen LogP contribution in [0.15, 0.2) is 53.5 Å². The smallest absolute Gasteiger partial charge is 0.383 e. The zero-order valence-corrected chi connectivity index (χ0v) is 19.8. The first-order valence-electron chi connectivity index (χ1n) is 11.1. The van der Waals surface area contributed by atoms with Crippen molar-refractivity contribution in [1.29, 1.82) is 0 Å². The Morgan fingerprint density at radius 2 is 2.00 bits per heavy atom. The minimum Gasteiger partial charge on any atom is -0.383 e. The van der Waals surface area contributed by atoms with E-state index in [1.807, 2.05) is 0 Å². The normalized spacial score (nSPS) is 17.9. The molecule has 8 nitrogen and oxygen atoms in total. The number of carbonyl (C=O) groups excluding carboxylic acids is 2. The van der Waals surface area contributed by atoms with Crippen molar-refractivity contribution >= 4 is 34.4 Å². The Hall–Kier alpha value is -3.87. The van der Waals surface area contributed by atoms with Crippen molar-refractivity contribution in [1.82, 2.24) is 14.9 Å². The average molecular weight is 526 g/mol. The van der Waals surface area contributed by atoms with Crippen molar-refractivity contribution in [2.75, 3.05) is 11.4 Å². The summed E-state index contributed by atoms with van der Waals surface area (Å²) in [4.78, 5) is 43.5. The predicted molar refractivity (Wildman–Crippen MR) is 126 cm³/mol. The molecule has 198 valence electrons. The van der Waals surface area contributed by atoms with Crippen LogP contribution in [0.5, 0.6) is 0 Å². The molecule has 0 aliphatic carbocycles. The van der Waals surface area contributed by atoms with Gasteiger partial charge in [-0.1, -0.05) is 19.6 Å². The number of halogens is 5. The molecular formula is C24H23F5N4O4. The topological polar surface area (TPSA) is 105 Å². The highest BCUT2D eigenvalue weighted by Gasteiger charge is 2.40. The zero-order valence-electron chi connectivity index (χ0n) is 19.8. The van der Waals surface area contributed by atoms with Gasteiger partial charge in [0.15, 0.2) is 5.65 Å². The van der Waals surface area contributed by atoms with Gasteiger partial charge in [0.05, 0.1) is 11.1 Å². The molecule has 1 fully saturated rings. The Balaban J connectivity index is 2.27. The number of aliphatic hydroxyl groups is 1. The van der Waals surface area contributed by atoms with Crippen LogP contribution >= 0.6 is 0 Å². The third kappa shape index (κ3) is 5.61. The van der Waals surface area contributed by atoms with E-state index >= 15 is 0 Å². The lowest BCUT2D eigenvalue weighted by Crippen LogP contribution is -2.46. The lowest BCUT2D eigenvalue weighted by atomic mass is 10.1. The summed E-state index contributed by atoms with van der Waals surface area (Å²) in [7, 11) is 0. The van der Waals surface area contributed by atoms with Crippen molar-refractivity contribution in [2.24, 2.45) is 0 Å². The van der Waals surface area contributed by atoms with E-state index < -0.39 is 64.9 Å². The van der Waals surface area contributed by atoms with Crippen LogP contribution in [0.25, 0.3) is 16.7 Å². The number of aromatic nitrogens is 2. The van der Waals surface area contributed by atoms with Gasteiger partial charge >= 0.3 is 6.18 Å². The molecule has 0 bridgehead atoms. The maximum Gasteiger partial charge on any atom is 0.408 e. The highest BCUT2D eigenvalue weighted by Crippen LogP contribution is 2.27. The van der Waals surface area contributed by atoms with E-state index in [1.54, 1.807) is 5.32 Å². The number of fused-ring (bicyclic) bond motifs is 1. The van der Waals surface area contributed by atoms with Gasteiger partial charge in [0.1, 0.15) is 35.2 Å². The van der Waals surface area contributed by atoms with Gasteiger partial charge in [0.2, 0.25) is 5.43 Å². The third-order valence-electron chi connectivity index (χ3n) is 5.70. The van der Waals surface area contributed by atoms with Crippen LogP contribution in [0, 0.1) is 0 Å². The Kier molecular flexibility index (Phi) is 7.96. The van der Waals surface area contributed by atoms with Crippen molar-refractivity contribution in [3.63, 3.8) is 0 Å². The fourth-order valence-electron chi connectivity index (χ4n) is 3.84. The Morgan fingerprint density at radius 1 is 1.32 bits per heavy atom. The summed E-state index contributed by atoms with van der Waals surface area (Å²) in [6, 6.07) is 0.181. The molecule has 37 heavy (non-hydrogen) atoms. The molecule has 2 amide bonds. The molecule has 0 spiro atoms. The van der Waals surface area contributed by atoms with Gasteiger partial charge in [-0.25, -0.2) is 13.8 Å². The molecule has 0 radical (unpaired) electrons. The van der Waals surface area contributed by atoms with Crippen LogP contribution in [-0.2, 0) is 4.79 Å². The number of nitrogens with one attached hydrogen (secondary N) is 1. The molecule has 3 rings (SSSR count). The molecule has 2 atom stereocenters. The van der Waals surface area contributed by atoms with Gasteiger partial charge in [-0.2, -0.15) is 13.2 Å². The van der Waals surface area contributed by atoms with E-state index in [1.165, 1.54) is 26.0 Å². The highest BCUT2D eigenvalue weighted by molar-refractivity contribution is 6.00. The Bertz CT molecular complexity index is 1380. The van der Waals surface area contributed by atoms with E-state index in [0.717, 1.165) is 21.7 Å². The van der Waals surface area contributed by atoms with Crippen LogP contribution in [-0.4, -0.2) is 51.3 Å². The molecular weight excluding hydrogens is 503 g/mol. The number of hydrogen-bond donors (Lipinski definition) is 2. The first-order valence-corrected chi connectivity index (χ1v) is 11.1. The number of hydrogen-bond acceptors (Lipinski definition) is 5. The molecule has 13 heteroatoms. The SMILES string of the molecule is C=C(F)/C=C(F)\C(=C/C)n1cc(C(=O)N[C@H](CC)C(F)(F)F)c(=O)c2ccc(N3CCC(O)C3=O)nc21. The van der Waals surface area contributed by atoms with E-state index in [-0.39, 0.29) is 29.8 Å². The zero-order chi connectivity index (χ0) is 27.7. The van der Waals surface area contributed by atoms with Crippen molar-refractivity contribution in [2.45, 2.75) is 45.0 Å². The molecule has 2 aromatic rings. The lowest BCUT2D eigenvalue weighted by molar-refractivity contribution is -0.153. The minimum atomic E-state index is -4.78. The van der Waals surface area contributed by atoms with Gasteiger partial charge in [-0.05, 0) is 25.5 Å². The number of aliphatic hydroxyl groups excluding tert-OH is 1. The molecule has 2 aromatic heterocycles. The summed E-state index contributed by atoms with van der Waals surface area (Å²) in [5.41, 5.74) is -2.42. The molecule has 3 heterocycles. The van der Waals surface area contributed by atoms with Gasteiger partial charge in [-0.15, -0.1) is 0 Å². The Morgan fingerprint density at radius 3 is 2.51 bits per heavy atom. The average Bonchev–Trinajstić information content (AvgIpc) is 3.15. The van der Waals surface area contributed by atoms with Gasteiger partial charge in [0, 0.05) is 25.2 Å². The molecule has 0 aromatic carbocycles. The number of pyridine rings is 2. The summed E-state index contributed by atoms with van der Waals surface area (Å²) < 4.78 is 68.8. The number of allylic oxidation sites excluding steroid dienone is 5. The fraction of sp³-hybridized carbons (Fsp3) is 0.333. The molecule has 1 unspecified atom stereocenters. The van der Waals surface area contributed by atoms with Crippen LogP contribution < -0.4 is 15.6 Å². The number of anilines is 1. The molecule has 0 saturated carbocycles. The molecule has 2 N–H and O–H groups in total. The summed E-state index contributed by atoms with van der Waals surface area (Å²) in [6.45, 7) is 5.60. The van der Waals surface area contributed by atoms with Crippen LogP contribution in [0.2, 0.25) is 0 Å². The molecule has 1 aliphatic rings. The number of nitrogens with zero attached hydrogens (tertiary/aromatic N) is 3. The minimum absolute atomic E-state index is 0.00254. The first-order chi connectivity index (χ1) is 17.3. The first kappa shape index (κ1) is 27.7. The van der Waals surface area contributed by atoms with Crippen molar-refractivity contribution in [3.05, 3.63) is 64.5 Å². The monoisotopic (exact) mass is 526 g/mol. The second kappa shape index (κ2) is 10.6. The number of amides is 2. The van der Waals surface area contributed by atoms with Crippen molar-refractivity contribution < 1.29 is 36.6 Å². The fourth-order valence-corrected chi connectivity index (χ4v) is 3.84. The second-order valence-electron chi connectivity index (χ2n) is 8.17. The molecule has 1 saturated heterocycles. The van der Waals surface area contributed by atoms with Gasteiger partial charge in [-0.3, -0.25) is 23.9 Å². The summed E-state index contributed by atoms with van der Waals surface area (Å²) in [5, 5.41) is 11.2. The van der Waals surface area contributed by atoms with E-state index in [0.29, 0.717) is 6.08 Å².